The van der Waals surface area contributed by atoms with Crippen LogP contribution in [-0.4, -0.2) is 61.3 Å². The molecule has 2 saturated heterocycles. The van der Waals surface area contributed by atoms with E-state index in [-0.39, 0.29) is 18.3 Å². The Labute approximate surface area is 131 Å². The van der Waals surface area contributed by atoms with Crippen molar-refractivity contribution in [3.8, 4) is 0 Å². The van der Waals surface area contributed by atoms with Gasteiger partial charge in [0, 0.05) is 26.2 Å². The van der Waals surface area contributed by atoms with E-state index in [1.54, 1.807) is 4.90 Å². The second-order valence-corrected chi connectivity index (χ2v) is 6.06. The predicted molar refractivity (Wildman–Crippen MR) is 83.7 cm³/mol. The summed E-state index contributed by atoms with van der Waals surface area (Å²) in [4.78, 5) is 15.6. The molecule has 0 unspecified atom stereocenters. The van der Waals surface area contributed by atoms with Gasteiger partial charge in [0.25, 0.3) is 0 Å². The van der Waals surface area contributed by atoms with Gasteiger partial charge >= 0.3 is 6.09 Å². The highest BCUT2D eigenvalue weighted by Gasteiger charge is 2.27. The van der Waals surface area contributed by atoms with E-state index in [1.807, 2.05) is 6.07 Å². The fourth-order valence-corrected chi connectivity index (χ4v) is 3.19. The first-order valence-electron chi connectivity index (χ1n) is 8.07. The van der Waals surface area contributed by atoms with E-state index in [1.165, 1.54) is 5.56 Å². The molecule has 0 N–H and O–H groups in total. The van der Waals surface area contributed by atoms with E-state index in [0.717, 1.165) is 39.1 Å². The van der Waals surface area contributed by atoms with Gasteiger partial charge in [0.1, 0.15) is 6.61 Å². The molecule has 2 aliphatic heterocycles. The van der Waals surface area contributed by atoms with Gasteiger partial charge in [-0.1, -0.05) is 30.3 Å². The van der Waals surface area contributed by atoms with Crippen molar-refractivity contribution in [1.29, 1.82) is 0 Å². The Bertz CT molecular complexity index is 494. The quantitative estimate of drug-likeness (QED) is 0.837. The minimum Gasteiger partial charge on any atom is -0.448 e. The highest BCUT2D eigenvalue weighted by molar-refractivity contribution is 5.69. The number of carbonyl (C=O) groups is 1. The van der Waals surface area contributed by atoms with E-state index < -0.39 is 0 Å². The number of hydrogen-bond acceptors (Lipinski definition) is 4. The molecule has 0 spiro atoms. The molecule has 3 rings (SSSR count). The van der Waals surface area contributed by atoms with E-state index in [2.05, 4.69) is 36.1 Å². The van der Waals surface area contributed by atoms with Crippen molar-refractivity contribution < 1.29 is 14.3 Å². The van der Waals surface area contributed by atoms with Crippen molar-refractivity contribution in [2.45, 2.75) is 25.6 Å². The van der Waals surface area contributed by atoms with Gasteiger partial charge in [0.05, 0.1) is 18.8 Å². The number of benzene rings is 1. The van der Waals surface area contributed by atoms with Crippen LogP contribution < -0.4 is 0 Å². The lowest BCUT2D eigenvalue weighted by Gasteiger charge is -2.37. The Morgan fingerprint density at radius 1 is 1.18 bits per heavy atom. The molecule has 1 aromatic rings. The highest BCUT2D eigenvalue weighted by Crippen LogP contribution is 2.25. The van der Waals surface area contributed by atoms with Gasteiger partial charge in [0.2, 0.25) is 0 Å². The van der Waals surface area contributed by atoms with Crippen LogP contribution in [-0.2, 0) is 9.47 Å². The van der Waals surface area contributed by atoms with Crippen molar-refractivity contribution in [1.82, 2.24) is 9.80 Å². The Hall–Kier alpha value is -1.59. The molecular formula is C17H24N2O3. The van der Waals surface area contributed by atoms with Gasteiger partial charge in [-0.05, 0) is 18.9 Å². The maximum atomic E-state index is 11.4. The number of nitrogens with zero attached hydrogens (tertiary/aromatic N) is 2. The normalized spacial score (nSPS) is 26.2. The molecule has 120 valence electrons. The fraction of sp³-hybridized carbons (Fsp3) is 0.588. The molecule has 0 saturated carbocycles. The summed E-state index contributed by atoms with van der Waals surface area (Å²) < 4.78 is 11.0. The number of hydrogen-bond donors (Lipinski definition) is 0. The summed E-state index contributed by atoms with van der Waals surface area (Å²) in [6.07, 6.45) is 1.18. The minimum atomic E-state index is -0.169. The second kappa shape index (κ2) is 7.11. The van der Waals surface area contributed by atoms with Crippen LogP contribution in [0.15, 0.2) is 30.3 Å². The average Bonchev–Trinajstić information content (AvgIpc) is 2.93. The van der Waals surface area contributed by atoms with Gasteiger partial charge in [-0.15, -0.1) is 0 Å². The third kappa shape index (κ3) is 3.78. The number of morpholine rings is 1. The van der Waals surface area contributed by atoms with Crippen molar-refractivity contribution in [3.63, 3.8) is 0 Å². The minimum absolute atomic E-state index is 0.140. The zero-order valence-electron chi connectivity index (χ0n) is 13.1. The van der Waals surface area contributed by atoms with Crippen LogP contribution in [0.25, 0.3) is 0 Å². The summed E-state index contributed by atoms with van der Waals surface area (Å²) in [5.74, 6) is 0. The van der Waals surface area contributed by atoms with Gasteiger partial charge < -0.3 is 14.4 Å². The Morgan fingerprint density at radius 2 is 2.00 bits per heavy atom. The summed E-state index contributed by atoms with van der Waals surface area (Å²) in [5.41, 5.74) is 1.24. The van der Waals surface area contributed by atoms with Crippen LogP contribution in [0.1, 0.15) is 25.0 Å². The molecule has 0 aromatic heterocycles. The van der Waals surface area contributed by atoms with Crippen LogP contribution in [0.3, 0.4) is 0 Å². The summed E-state index contributed by atoms with van der Waals surface area (Å²) >= 11 is 0. The van der Waals surface area contributed by atoms with Crippen LogP contribution >= 0.6 is 0 Å². The number of cyclic esters (lactones) is 1. The average molecular weight is 304 g/mol. The summed E-state index contributed by atoms with van der Waals surface area (Å²) in [6, 6.07) is 10.4. The summed E-state index contributed by atoms with van der Waals surface area (Å²) in [6.45, 7) is 7.02. The lowest BCUT2D eigenvalue weighted by atomic mass is 10.1. The predicted octanol–water partition coefficient (Wildman–Crippen LogP) is 2.29. The van der Waals surface area contributed by atoms with E-state index in [4.69, 9.17) is 9.47 Å². The van der Waals surface area contributed by atoms with Crippen molar-refractivity contribution in [3.05, 3.63) is 35.9 Å². The maximum absolute atomic E-state index is 11.4. The SMILES string of the molecule is C[C@@H]1CN(CCCN2CCOC2=O)C[C@@H](c2ccccc2)O1. The van der Waals surface area contributed by atoms with Gasteiger partial charge in [0.15, 0.2) is 0 Å². The Morgan fingerprint density at radius 3 is 2.73 bits per heavy atom. The highest BCUT2D eigenvalue weighted by atomic mass is 16.6. The maximum Gasteiger partial charge on any atom is 0.409 e. The first-order chi connectivity index (χ1) is 10.7. The number of amides is 1. The number of carbonyl (C=O) groups excluding carboxylic acids is 1. The first kappa shape index (κ1) is 15.3. The largest absolute Gasteiger partial charge is 0.448 e. The van der Waals surface area contributed by atoms with Gasteiger partial charge in [-0.25, -0.2) is 4.79 Å². The molecular weight excluding hydrogens is 280 g/mol. The molecule has 0 aliphatic carbocycles. The summed E-state index contributed by atoms with van der Waals surface area (Å²) in [5, 5.41) is 0. The Balaban J connectivity index is 1.49. The van der Waals surface area contributed by atoms with Gasteiger partial charge in [-0.2, -0.15) is 0 Å². The van der Waals surface area contributed by atoms with Crippen LogP contribution in [0, 0.1) is 0 Å². The van der Waals surface area contributed by atoms with Crippen molar-refractivity contribution in [2.75, 3.05) is 39.3 Å². The van der Waals surface area contributed by atoms with Crippen molar-refractivity contribution in [2.24, 2.45) is 0 Å². The molecule has 2 atom stereocenters. The van der Waals surface area contributed by atoms with Gasteiger partial charge in [-0.3, -0.25) is 4.90 Å². The molecule has 5 nitrogen and oxygen atoms in total. The molecule has 2 aliphatic rings. The molecule has 0 bridgehead atoms. The molecule has 5 heteroatoms. The molecule has 1 amide bonds. The third-order valence-electron chi connectivity index (χ3n) is 4.25. The van der Waals surface area contributed by atoms with E-state index in [9.17, 15) is 4.79 Å². The van der Waals surface area contributed by atoms with Crippen molar-refractivity contribution >= 4 is 6.09 Å². The van der Waals surface area contributed by atoms with Crippen LogP contribution in [0.5, 0.6) is 0 Å². The molecule has 1 aromatic carbocycles. The monoisotopic (exact) mass is 304 g/mol. The van der Waals surface area contributed by atoms with E-state index in [0.29, 0.717) is 6.61 Å². The molecule has 22 heavy (non-hydrogen) atoms. The molecule has 2 fully saturated rings. The fourth-order valence-electron chi connectivity index (χ4n) is 3.19. The second-order valence-electron chi connectivity index (χ2n) is 6.06. The smallest absolute Gasteiger partial charge is 0.409 e. The topological polar surface area (TPSA) is 42.0 Å². The lowest BCUT2D eigenvalue weighted by Crippen LogP contribution is -2.43. The lowest BCUT2D eigenvalue weighted by molar-refractivity contribution is -0.0792. The standard InChI is InChI=1S/C17H24N2O3/c1-14-12-18(8-5-9-19-10-11-21-17(19)20)13-16(22-14)15-6-3-2-4-7-15/h2-4,6-7,14,16H,5,8-13H2,1H3/t14-,16+/m1/s1. The van der Waals surface area contributed by atoms with Crippen LogP contribution in [0.4, 0.5) is 4.79 Å². The number of ether oxygens (including phenoxy) is 2. The Kier molecular flexibility index (Phi) is 4.95. The number of rotatable bonds is 5. The molecule has 2 heterocycles. The zero-order valence-corrected chi connectivity index (χ0v) is 13.1. The third-order valence-corrected chi connectivity index (χ3v) is 4.25. The van der Waals surface area contributed by atoms with E-state index >= 15 is 0 Å². The summed E-state index contributed by atoms with van der Waals surface area (Å²) in [7, 11) is 0. The molecule has 0 radical (unpaired) electrons. The van der Waals surface area contributed by atoms with Crippen LogP contribution in [0.2, 0.25) is 0 Å². The zero-order chi connectivity index (χ0) is 15.4. The first-order valence-corrected chi connectivity index (χ1v) is 8.07.